The van der Waals surface area contributed by atoms with Crippen LogP contribution in [0.15, 0.2) is 182 Å². The Kier molecular flexibility index (Phi) is 12.6. The molecule has 0 fully saturated rings. The zero-order valence-electron chi connectivity index (χ0n) is 36.7. The molecule has 0 saturated carbocycles. The molecule has 10 rings (SSSR count). The average molecular weight is 1010 g/mol. The van der Waals surface area contributed by atoms with Crippen LogP contribution in [0.2, 0.25) is 20.1 Å². The number of ketones is 1. The lowest BCUT2D eigenvalue weighted by molar-refractivity contribution is 0.101. The number of nitrogens with one attached hydrogen (secondary N) is 2. The third-order valence-corrected chi connectivity index (χ3v) is 13.1. The standard InChI is InChI=1S/C54H32Cl4N8O5/c1-27-20-32(14-19-46(27)64-66-48-35-8-4-2-6-28(35)21-41(51(48)68)54(71)59-31-13-18-43(56)45(58)26-31)61-62-33-11-15-37-38-16-12-34(25-40(38)50(67)39(37)24-33)63-65-49-36-9-5-3-7-29(36)23-47(52(49)69)60-53(70)30-10-17-42(55)44(57)22-30/h2-26,68-69H,1H3,(H,59,71)(H,60,70). The van der Waals surface area contributed by atoms with Gasteiger partial charge >= 0.3 is 0 Å². The minimum absolute atomic E-state index is 0.0118. The van der Waals surface area contributed by atoms with E-state index < -0.39 is 11.8 Å². The predicted octanol–water partition coefficient (Wildman–Crippen LogP) is 17.3. The lowest BCUT2D eigenvalue weighted by Gasteiger charge is -2.12. The Bertz CT molecular complexity index is 3840. The number of hydrogen-bond acceptors (Lipinski definition) is 11. The number of phenols is 2. The van der Waals surface area contributed by atoms with Crippen LogP contribution < -0.4 is 10.6 Å². The molecule has 0 saturated heterocycles. The van der Waals surface area contributed by atoms with Gasteiger partial charge < -0.3 is 20.8 Å². The highest BCUT2D eigenvalue weighted by Crippen LogP contribution is 2.45. The van der Waals surface area contributed by atoms with Gasteiger partial charge in [-0.3, -0.25) is 14.4 Å². The van der Waals surface area contributed by atoms with Crippen molar-refractivity contribution in [3.05, 3.63) is 200 Å². The SMILES string of the molecule is Cc1cc(N=Nc2ccc3c(c2)C(=O)c2cc(N=Nc4c(O)c(NC(=O)c5ccc(Cl)c(Cl)c5)cc5ccccc45)ccc2-3)ccc1N=Nc1c(O)c(C(=O)Nc2ccc(Cl)c(Cl)c2)cc2ccccc12. The number of halogens is 4. The van der Waals surface area contributed by atoms with Crippen LogP contribution in [0.5, 0.6) is 11.5 Å². The number of benzene rings is 9. The first kappa shape index (κ1) is 46.4. The van der Waals surface area contributed by atoms with Gasteiger partial charge in [-0.15, -0.1) is 10.2 Å². The smallest absolute Gasteiger partial charge is 0.259 e. The molecule has 2 amide bonds. The second-order valence-corrected chi connectivity index (χ2v) is 17.8. The summed E-state index contributed by atoms with van der Waals surface area (Å²) >= 11 is 24.4. The summed E-state index contributed by atoms with van der Waals surface area (Å²) in [4.78, 5) is 40.4. The Morgan fingerprint density at radius 3 is 1.66 bits per heavy atom. The van der Waals surface area contributed by atoms with E-state index in [0.29, 0.717) is 82.3 Å². The van der Waals surface area contributed by atoms with E-state index in [-0.39, 0.29) is 55.5 Å². The molecule has 71 heavy (non-hydrogen) atoms. The molecule has 1 aliphatic carbocycles. The summed E-state index contributed by atoms with van der Waals surface area (Å²) < 4.78 is 0. The summed E-state index contributed by atoms with van der Waals surface area (Å²) in [6.07, 6.45) is 0. The minimum atomic E-state index is -0.581. The van der Waals surface area contributed by atoms with Crippen LogP contribution in [0, 0.1) is 6.92 Å². The van der Waals surface area contributed by atoms with Crippen molar-refractivity contribution in [2.45, 2.75) is 6.92 Å². The first-order chi connectivity index (χ1) is 34.3. The highest BCUT2D eigenvalue weighted by atomic mass is 35.5. The number of phenolic OH excluding ortho intramolecular Hbond substituents is 2. The van der Waals surface area contributed by atoms with Gasteiger partial charge in [0.2, 0.25) is 0 Å². The van der Waals surface area contributed by atoms with Crippen LogP contribution in [-0.4, -0.2) is 27.8 Å². The van der Waals surface area contributed by atoms with E-state index in [1.807, 2.05) is 31.2 Å². The first-order valence-electron chi connectivity index (χ1n) is 21.5. The Labute approximate surface area is 423 Å². The lowest BCUT2D eigenvalue weighted by atomic mass is 10.0. The van der Waals surface area contributed by atoms with Gasteiger partial charge in [-0.1, -0.05) is 107 Å². The van der Waals surface area contributed by atoms with Crippen molar-refractivity contribution in [1.29, 1.82) is 0 Å². The van der Waals surface area contributed by atoms with Gasteiger partial charge in [0.05, 0.1) is 54.1 Å². The third-order valence-electron chi connectivity index (χ3n) is 11.6. The third kappa shape index (κ3) is 9.30. The monoisotopic (exact) mass is 1010 g/mol. The molecular formula is C54H32Cl4N8O5. The molecule has 13 nitrogen and oxygen atoms in total. The average Bonchev–Trinajstić information content (AvgIpc) is 3.64. The van der Waals surface area contributed by atoms with E-state index in [1.165, 1.54) is 24.3 Å². The highest BCUT2D eigenvalue weighted by Gasteiger charge is 2.28. The summed E-state index contributed by atoms with van der Waals surface area (Å²) in [5.41, 5.74) is 5.78. The molecule has 0 atom stereocenters. The van der Waals surface area contributed by atoms with E-state index in [0.717, 1.165) is 5.56 Å². The molecule has 0 radical (unpaired) electrons. The number of carbonyl (C=O) groups is 3. The van der Waals surface area contributed by atoms with Crippen molar-refractivity contribution in [2.24, 2.45) is 30.7 Å². The molecule has 0 bridgehead atoms. The molecular weight excluding hydrogens is 982 g/mol. The van der Waals surface area contributed by atoms with E-state index in [4.69, 9.17) is 46.4 Å². The molecule has 0 unspecified atom stereocenters. The highest BCUT2D eigenvalue weighted by molar-refractivity contribution is 6.42. The fourth-order valence-corrected chi connectivity index (χ4v) is 8.63. The zero-order chi connectivity index (χ0) is 49.5. The molecule has 1 aliphatic rings. The Hall–Kier alpha value is -8.33. The van der Waals surface area contributed by atoms with Crippen LogP contribution >= 0.6 is 46.4 Å². The zero-order valence-corrected chi connectivity index (χ0v) is 39.8. The molecule has 0 heterocycles. The van der Waals surface area contributed by atoms with E-state index in [2.05, 4.69) is 41.3 Å². The summed E-state index contributed by atoms with van der Waals surface area (Å²) in [6.45, 7) is 1.83. The molecule has 4 N–H and O–H groups in total. The fraction of sp³-hybridized carbons (Fsp3) is 0.0185. The Morgan fingerprint density at radius 2 is 1.03 bits per heavy atom. The topological polar surface area (TPSA) is 190 Å². The molecule has 0 spiro atoms. The number of nitrogens with zero attached hydrogens (tertiary/aromatic N) is 6. The lowest BCUT2D eigenvalue weighted by Crippen LogP contribution is -2.12. The van der Waals surface area contributed by atoms with Gasteiger partial charge in [0, 0.05) is 33.2 Å². The van der Waals surface area contributed by atoms with Crippen molar-refractivity contribution in [1.82, 2.24) is 0 Å². The molecule has 346 valence electrons. The van der Waals surface area contributed by atoms with Crippen LogP contribution in [0.25, 0.3) is 32.7 Å². The normalized spacial score (nSPS) is 12.1. The van der Waals surface area contributed by atoms with Gasteiger partial charge in [0.15, 0.2) is 17.3 Å². The molecule has 9 aromatic carbocycles. The predicted molar refractivity (Wildman–Crippen MR) is 279 cm³/mol. The number of carbonyl (C=O) groups excluding carboxylic acids is 3. The van der Waals surface area contributed by atoms with Crippen molar-refractivity contribution in [2.75, 3.05) is 10.6 Å². The fourth-order valence-electron chi connectivity index (χ4n) is 8.03. The number of fused-ring (bicyclic) bond motifs is 5. The number of aromatic hydroxyl groups is 2. The van der Waals surface area contributed by atoms with Crippen LogP contribution in [0.4, 0.5) is 45.5 Å². The number of aryl methyl sites for hydroxylation is 1. The van der Waals surface area contributed by atoms with Crippen LogP contribution in [-0.2, 0) is 0 Å². The van der Waals surface area contributed by atoms with Gasteiger partial charge in [-0.25, -0.2) is 0 Å². The van der Waals surface area contributed by atoms with Crippen LogP contribution in [0.1, 0.15) is 42.2 Å². The second-order valence-electron chi connectivity index (χ2n) is 16.2. The molecule has 9 aromatic rings. The molecule has 0 aliphatic heterocycles. The second kappa shape index (κ2) is 19.2. The number of amides is 2. The summed E-state index contributed by atoms with van der Waals surface area (Å²) in [5, 5.41) is 58.4. The van der Waals surface area contributed by atoms with E-state index >= 15 is 0 Å². The minimum Gasteiger partial charge on any atom is -0.505 e. The van der Waals surface area contributed by atoms with Crippen molar-refractivity contribution >= 4 is 131 Å². The van der Waals surface area contributed by atoms with Crippen LogP contribution in [0.3, 0.4) is 0 Å². The summed E-state index contributed by atoms with van der Waals surface area (Å²) in [5.74, 6) is -1.99. The van der Waals surface area contributed by atoms with Crippen molar-refractivity contribution in [3.8, 4) is 22.6 Å². The first-order valence-corrected chi connectivity index (χ1v) is 23.0. The van der Waals surface area contributed by atoms with Crippen molar-refractivity contribution in [3.63, 3.8) is 0 Å². The number of hydrogen-bond donors (Lipinski definition) is 4. The molecule has 0 aromatic heterocycles. The molecule has 17 heteroatoms. The quantitative estimate of drug-likeness (QED) is 0.0782. The summed E-state index contributed by atoms with van der Waals surface area (Å²) in [7, 11) is 0. The Morgan fingerprint density at radius 1 is 0.479 bits per heavy atom. The summed E-state index contributed by atoms with van der Waals surface area (Å²) in [6, 6.07) is 42.3. The van der Waals surface area contributed by atoms with Gasteiger partial charge in [0.1, 0.15) is 11.4 Å². The Balaban J connectivity index is 0.851. The maximum Gasteiger partial charge on any atom is 0.259 e. The van der Waals surface area contributed by atoms with Crippen molar-refractivity contribution < 1.29 is 24.6 Å². The van der Waals surface area contributed by atoms with Gasteiger partial charge in [-0.2, -0.15) is 20.5 Å². The maximum absolute atomic E-state index is 13.9. The maximum atomic E-state index is 13.9. The number of rotatable bonds is 10. The van der Waals surface area contributed by atoms with Gasteiger partial charge in [-0.05, 0) is 125 Å². The number of azo groups is 3. The largest absolute Gasteiger partial charge is 0.505 e. The van der Waals surface area contributed by atoms with E-state index in [9.17, 15) is 24.6 Å². The van der Waals surface area contributed by atoms with Gasteiger partial charge in [0.25, 0.3) is 11.8 Å². The van der Waals surface area contributed by atoms with E-state index in [1.54, 1.807) is 103 Å². The number of anilines is 2.